The number of nitrogens with zero attached hydrogens (tertiary/aromatic N) is 1. The van der Waals surface area contributed by atoms with Gasteiger partial charge in [0, 0.05) is 24.2 Å². The molecule has 0 aliphatic rings. The van der Waals surface area contributed by atoms with Gasteiger partial charge in [-0.2, -0.15) is 5.26 Å². The van der Waals surface area contributed by atoms with Crippen LogP contribution in [0.3, 0.4) is 0 Å². The summed E-state index contributed by atoms with van der Waals surface area (Å²) in [6.07, 6.45) is 0.000671. The molecule has 4 aromatic carbocycles. The van der Waals surface area contributed by atoms with Crippen LogP contribution >= 0.6 is 0 Å². The minimum Gasteiger partial charge on any atom is -0.495 e. The van der Waals surface area contributed by atoms with Crippen molar-refractivity contribution >= 4 is 23.6 Å². The molecule has 11 nitrogen and oxygen atoms in total. The van der Waals surface area contributed by atoms with Crippen molar-refractivity contribution in [1.29, 1.82) is 5.26 Å². The van der Waals surface area contributed by atoms with Gasteiger partial charge in [0.1, 0.15) is 29.5 Å². The molecule has 0 spiro atoms. The van der Waals surface area contributed by atoms with Gasteiger partial charge in [0.2, 0.25) is 0 Å². The zero-order chi connectivity index (χ0) is 36.1. The van der Waals surface area contributed by atoms with Gasteiger partial charge in [0.25, 0.3) is 11.8 Å². The van der Waals surface area contributed by atoms with E-state index in [1.165, 1.54) is 7.11 Å². The predicted molar refractivity (Wildman–Crippen MR) is 190 cm³/mol. The van der Waals surface area contributed by atoms with Gasteiger partial charge in [0.15, 0.2) is 0 Å². The summed E-state index contributed by atoms with van der Waals surface area (Å²) in [4.78, 5) is 38.3. The number of alkyl carbamates (subject to hydrolysis) is 1. The Bertz CT molecular complexity index is 1840. The number of anilines is 1. The Kier molecular flexibility index (Phi) is 12.8. The van der Waals surface area contributed by atoms with Crippen LogP contribution in [0.1, 0.15) is 70.2 Å². The van der Waals surface area contributed by atoms with E-state index in [1.54, 1.807) is 75.4 Å². The largest absolute Gasteiger partial charge is 0.495 e. The second-order valence-corrected chi connectivity index (χ2v) is 12.4. The van der Waals surface area contributed by atoms with Crippen molar-refractivity contribution in [2.24, 2.45) is 0 Å². The minimum atomic E-state index is -0.583. The van der Waals surface area contributed by atoms with Crippen LogP contribution < -0.4 is 30.2 Å². The lowest BCUT2D eigenvalue weighted by atomic mass is 10.1. The maximum absolute atomic E-state index is 13.3. The Balaban J connectivity index is 1.34. The molecule has 3 amide bonds. The SMILES string of the molecule is COc1cc(C(=O)NCc2ccc(C)cc2OCc2ccc(C#N)cc2)ccc1NC(=O)c1ccccc1OCCCNC(=O)OC(C)(C)C. The van der Waals surface area contributed by atoms with Gasteiger partial charge in [-0.05, 0) is 93.8 Å². The number of ether oxygens (including phenoxy) is 4. The van der Waals surface area contributed by atoms with Gasteiger partial charge in [-0.25, -0.2) is 4.79 Å². The summed E-state index contributed by atoms with van der Waals surface area (Å²) in [6.45, 7) is 8.48. The molecule has 0 unspecified atom stereocenters. The third-order valence-corrected chi connectivity index (χ3v) is 7.23. The van der Waals surface area contributed by atoms with Crippen LogP contribution in [0.5, 0.6) is 17.2 Å². The lowest BCUT2D eigenvalue weighted by Gasteiger charge is -2.19. The van der Waals surface area contributed by atoms with E-state index in [4.69, 9.17) is 24.2 Å². The fourth-order valence-electron chi connectivity index (χ4n) is 4.72. The molecule has 11 heteroatoms. The molecular weight excluding hydrogens is 636 g/mol. The number of methoxy groups -OCH3 is 1. The average Bonchev–Trinajstić information content (AvgIpc) is 3.09. The van der Waals surface area contributed by atoms with Crippen molar-refractivity contribution in [2.45, 2.75) is 52.9 Å². The molecule has 0 fully saturated rings. The highest BCUT2D eigenvalue weighted by Gasteiger charge is 2.18. The maximum atomic E-state index is 13.3. The number of para-hydroxylation sites is 1. The highest BCUT2D eigenvalue weighted by Crippen LogP contribution is 2.28. The van der Waals surface area contributed by atoms with E-state index in [0.29, 0.717) is 59.2 Å². The van der Waals surface area contributed by atoms with E-state index < -0.39 is 17.6 Å². The number of nitriles is 1. The number of hydrogen-bond acceptors (Lipinski definition) is 8. The smallest absolute Gasteiger partial charge is 0.407 e. The molecule has 260 valence electrons. The molecule has 0 saturated heterocycles. The topological polar surface area (TPSA) is 148 Å². The summed E-state index contributed by atoms with van der Waals surface area (Å²) in [6, 6.07) is 26.7. The van der Waals surface area contributed by atoms with Crippen LogP contribution in [0.2, 0.25) is 0 Å². The molecule has 0 atom stereocenters. The van der Waals surface area contributed by atoms with Gasteiger partial charge in [0.05, 0.1) is 36.6 Å². The van der Waals surface area contributed by atoms with E-state index in [-0.39, 0.29) is 19.1 Å². The van der Waals surface area contributed by atoms with Gasteiger partial charge in [-0.1, -0.05) is 36.4 Å². The molecule has 3 N–H and O–H groups in total. The second kappa shape index (κ2) is 17.4. The van der Waals surface area contributed by atoms with Gasteiger partial charge in [-0.3, -0.25) is 9.59 Å². The molecule has 0 aliphatic carbocycles. The fourth-order valence-corrected chi connectivity index (χ4v) is 4.72. The molecule has 0 aromatic heterocycles. The molecule has 0 heterocycles. The zero-order valence-corrected chi connectivity index (χ0v) is 28.9. The van der Waals surface area contributed by atoms with E-state index in [0.717, 1.165) is 16.7 Å². The molecule has 4 rings (SSSR count). The van der Waals surface area contributed by atoms with Crippen LogP contribution in [-0.4, -0.2) is 43.8 Å². The Morgan fingerprint density at radius 2 is 1.58 bits per heavy atom. The van der Waals surface area contributed by atoms with Gasteiger partial charge in [-0.15, -0.1) is 0 Å². The Hall–Kier alpha value is -6.02. The van der Waals surface area contributed by atoms with Crippen molar-refractivity contribution in [2.75, 3.05) is 25.6 Å². The monoisotopic (exact) mass is 678 g/mol. The van der Waals surface area contributed by atoms with Crippen LogP contribution in [-0.2, 0) is 17.9 Å². The third-order valence-electron chi connectivity index (χ3n) is 7.23. The summed E-state index contributed by atoms with van der Waals surface area (Å²) >= 11 is 0. The molecule has 0 radical (unpaired) electrons. The van der Waals surface area contributed by atoms with Crippen LogP contribution in [0.15, 0.2) is 84.9 Å². The predicted octanol–water partition coefficient (Wildman–Crippen LogP) is 6.93. The van der Waals surface area contributed by atoms with E-state index >= 15 is 0 Å². The van der Waals surface area contributed by atoms with Crippen molar-refractivity contribution < 1.29 is 33.3 Å². The fraction of sp³-hybridized carbons (Fsp3) is 0.282. The standard InChI is InChI=1S/C39H42N4O7/c1-26-11-16-30(34(21-26)49-25-28-14-12-27(23-40)13-15-28)24-42-36(44)29-17-18-32(35(22-29)47-5)43-37(45)31-9-6-7-10-33(31)48-20-8-19-41-38(46)50-39(2,3)4/h6-7,9-18,21-22H,8,19-20,24-25H2,1-5H3,(H,41,46)(H,42,44)(H,43,45). The number of aryl methyl sites for hydroxylation is 1. The third kappa shape index (κ3) is 11.0. The van der Waals surface area contributed by atoms with Crippen LogP contribution in [0.25, 0.3) is 0 Å². The highest BCUT2D eigenvalue weighted by molar-refractivity contribution is 6.07. The normalized spacial score (nSPS) is 10.7. The average molecular weight is 679 g/mol. The van der Waals surface area contributed by atoms with Crippen LogP contribution in [0.4, 0.5) is 10.5 Å². The number of amides is 3. The summed E-state index contributed by atoms with van der Waals surface area (Å²) in [7, 11) is 1.46. The molecule has 0 bridgehead atoms. The first-order chi connectivity index (χ1) is 24.0. The van der Waals surface area contributed by atoms with E-state index in [9.17, 15) is 14.4 Å². The Labute approximate surface area is 292 Å². The highest BCUT2D eigenvalue weighted by atomic mass is 16.6. The summed E-state index contributed by atoms with van der Waals surface area (Å²) < 4.78 is 22.7. The number of nitrogens with one attached hydrogen (secondary N) is 3. The second-order valence-electron chi connectivity index (χ2n) is 12.4. The first-order valence-electron chi connectivity index (χ1n) is 16.1. The van der Waals surface area contributed by atoms with E-state index in [1.807, 2.05) is 37.3 Å². The minimum absolute atomic E-state index is 0.219. The summed E-state index contributed by atoms with van der Waals surface area (Å²) in [5, 5.41) is 17.5. The van der Waals surface area contributed by atoms with Gasteiger partial charge >= 0.3 is 6.09 Å². The van der Waals surface area contributed by atoms with Crippen molar-refractivity contribution in [3.63, 3.8) is 0 Å². The first kappa shape index (κ1) is 36.8. The van der Waals surface area contributed by atoms with Crippen LogP contribution in [0, 0.1) is 18.3 Å². The molecular formula is C39H42N4O7. The first-order valence-corrected chi connectivity index (χ1v) is 16.1. The molecule has 0 saturated carbocycles. The molecule has 50 heavy (non-hydrogen) atoms. The van der Waals surface area contributed by atoms with Crippen molar-refractivity contribution in [1.82, 2.24) is 10.6 Å². The number of hydrogen-bond donors (Lipinski definition) is 3. The number of carbonyl (C=O) groups is 3. The summed E-state index contributed by atoms with van der Waals surface area (Å²) in [5.74, 6) is 0.579. The summed E-state index contributed by atoms with van der Waals surface area (Å²) in [5.41, 5.74) is 3.76. The number of rotatable bonds is 14. The number of benzene rings is 4. The van der Waals surface area contributed by atoms with Crippen molar-refractivity contribution in [3.8, 4) is 23.3 Å². The Morgan fingerprint density at radius 1 is 0.820 bits per heavy atom. The van der Waals surface area contributed by atoms with Gasteiger partial charge < -0.3 is 34.9 Å². The Morgan fingerprint density at radius 3 is 2.30 bits per heavy atom. The lowest BCUT2D eigenvalue weighted by molar-refractivity contribution is 0.0525. The maximum Gasteiger partial charge on any atom is 0.407 e. The number of carbonyl (C=O) groups excluding carboxylic acids is 3. The zero-order valence-electron chi connectivity index (χ0n) is 28.9. The van der Waals surface area contributed by atoms with E-state index in [2.05, 4.69) is 22.0 Å². The van der Waals surface area contributed by atoms with Crippen molar-refractivity contribution in [3.05, 3.63) is 118 Å². The quantitative estimate of drug-likeness (QED) is 0.122. The molecule has 4 aromatic rings. The molecule has 0 aliphatic heterocycles. The lowest BCUT2D eigenvalue weighted by Crippen LogP contribution is -2.33.